The second-order valence-electron chi connectivity index (χ2n) is 6.29. The number of rotatable bonds is 7. The molecule has 3 aromatic carbocycles. The van der Waals surface area contributed by atoms with Gasteiger partial charge >= 0.3 is 0 Å². The van der Waals surface area contributed by atoms with Crippen LogP contribution in [0.2, 0.25) is 0 Å². The molecule has 0 saturated carbocycles. The Morgan fingerprint density at radius 2 is 1.22 bits per heavy atom. The molecule has 4 nitrogen and oxygen atoms in total. The Balaban J connectivity index is 1.70. The van der Waals surface area contributed by atoms with Gasteiger partial charge in [-0.25, -0.2) is 0 Å². The lowest BCUT2D eigenvalue weighted by Crippen LogP contribution is -2.47. The van der Waals surface area contributed by atoms with Gasteiger partial charge in [0.2, 0.25) is 5.91 Å². The average Bonchev–Trinajstić information content (AvgIpc) is 2.73. The summed E-state index contributed by atoms with van der Waals surface area (Å²) in [5.41, 5.74) is 2.54. The van der Waals surface area contributed by atoms with E-state index < -0.39 is 6.04 Å². The molecule has 2 amide bonds. The van der Waals surface area contributed by atoms with E-state index in [1.165, 1.54) is 0 Å². The van der Waals surface area contributed by atoms with Crippen LogP contribution < -0.4 is 10.6 Å². The normalized spacial score (nSPS) is 11.4. The molecule has 3 rings (SSSR count). The van der Waals surface area contributed by atoms with E-state index >= 15 is 0 Å². The first-order valence-corrected chi connectivity index (χ1v) is 8.94. The number of benzene rings is 3. The minimum atomic E-state index is -0.649. The molecular formula is C23H22N2O2. The van der Waals surface area contributed by atoms with Gasteiger partial charge in [0.15, 0.2) is 0 Å². The molecule has 0 spiro atoms. The van der Waals surface area contributed by atoms with Crippen LogP contribution in [0.25, 0.3) is 0 Å². The van der Waals surface area contributed by atoms with E-state index in [9.17, 15) is 9.59 Å². The highest BCUT2D eigenvalue weighted by molar-refractivity contribution is 5.97. The number of amides is 2. The molecule has 0 fully saturated rings. The van der Waals surface area contributed by atoms with Gasteiger partial charge < -0.3 is 10.6 Å². The van der Waals surface area contributed by atoms with Crippen LogP contribution in [0.4, 0.5) is 0 Å². The molecule has 0 unspecified atom stereocenters. The smallest absolute Gasteiger partial charge is 0.251 e. The molecule has 1 atom stereocenters. The van der Waals surface area contributed by atoms with Crippen molar-refractivity contribution in [2.45, 2.75) is 19.0 Å². The van der Waals surface area contributed by atoms with Gasteiger partial charge in [-0.3, -0.25) is 9.59 Å². The maximum atomic E-state index is 12.8. The predicted octanol–water partition coefficient (Wildman–Crippen LogP) is 3.34. The van der Waals surface area contributed by atoms with Crippen molar-refractivity contribution < 1.29 is 9.59 Å². The molecule has 4 heteroatoms. The summed E-state index contributed by atoms with van der Waals surface area (Å²) in [5, 5.41) is 5.79. The Kier molecular flexibility index (Phi) is 6.36. The zero-order chi connectivity index (χ0) is 18.9. The zero-order valence-corrected chi connectivity index (χ0v) is 15.0. The summed E-state index contributed by atoms with van der Waals surface area (Å²) in [7, 11) is 0. The second-order valence-corrected chi connectivity index (χ2v) is 6.29. The Morgan fingerprint density at radius 1 is 0.704 bits per heavy atom. The van der Waals surface area contributed by atoms with E-state index in [4.69, 9.17) is 0 Å². The van der Waals surface area contributed by atoms with E-state index in [-0.39, 0.29) is 11.8 Å². The highest BCUT2D eigenvalue weighted by atomic mass is 16.2. The maximum absolute atomic E-state index is 12.8. The molecule has 136 valence electrons. The third-order valence-corrected chi connectivity index (χ3v) is 4.25. The summed E-state index contributed by atoms with van der Waals surface area (Å²) in [5.74, 6) is -0.460. The molecule has 0 saturated heterocycles. The van der Waals surface area contributed by atoms with Crippen LogP contribution in [0.15, 0.2) is 91.0 Å². The number of nitrogens with one attached hydrogen (secondary N) is 2. The summed E-state index contributed by atoms with van der Waals surface area (Å²) >= 11 is 0. The number of carbonyl (C=O) groups is 2. The van der Waals surface area contributed by atoms with Gasteiger partial charge in [0.05, 0.1) is 0 Å². The van der Waals surface area contributed by atoms with Crippen LogP contribution >= 0.6 is 0 Å². The molecule has 3 aromatic rings. The van der Waals surface area contributed by atoms with E-state index in [0.29, 0.717) is 18.5 Å². The lowest BCUT2D eigenvalue weighted by atomic mass is 10.0. The third-order valence-electron chi connectivity index (χ3n) is 4.25. The van der Waals surface area contributed by atoms with Gasteiger partial charge in [-0.15, -0.1) is 0 Å². The minimum Gasteiger partial charge on any atom is -0.350 e. The van der Waals surface area contributed by atoms with Gasteiger partial charge in [-0.05, 0) is 23.3 Å². The van der Waals surface area contributed by atoms with Crippen LogP contribution in [0.5, 0.6) is 0 Å². The lowest BCUT2D eigenvalue weighted by Gasteiger charge is -2.19. The third kappa shape index (κ3) is 5.54. The van der Waals surface area contributed by atoms with Crippen molar-refractivity contribution in [2.75, 3.05) is 0 Å². The highest BCUT2D eigenvalue weighted by Gasteiger charge is 2.21. The van der Waals surface area contributed by atoms with E-state index in [1.54, 1.807) is 24.3 Å². The second kappa shape index (κ2) is 9.34. The first-order valence-electron chi connectivity index (χ1n) is 8.94. The monoisotopic (exact) mass is 358 g/mol. The van der Waals surface area contributed by atoms with E-state index in [1.807, 2.05) is 66.7 Å². The van der Waals surface area contributed by atoms with Crippen molar-refractivity contribution in [1.82, 2.24) is 10.6 Å². The summed E-state index contributed by atoms with van der Waals surface area (Å²) < 4.78 is 0. The van der Waals surface area contributed by atoms with Gasteiger partial charge in [-0.2, -0.15) is 0 Å². The van der Waals surface area contributed by atoms with Crippen LogP contribution in [0.1, 0.15) is 21.5 Å². The van der Waals surface area contributed by atoms with Gasteiger partial charge in [-0.1, -0.05) is 78.9 Å². The number of carbonyl (C=O) groups excluding carboxylic acids is 2. The Hall–Kier alpha value is -3.40. The Morgan fingerprint density at radius 3 is 1.81 bits per heavy atom. The van der Waals surface area contributed by atoms with Crippen LogP contribution in [0.3, 0.4) is 0 Å². The first-order chi connectivity index (χ1) is 13.2. The van der Waals surface area contributed by atoms with Crippen molar-refractivity contribution in [1.29, 1.82) is 0 Å². The van der Waals surface area contributed by atoms with E-state index in [0.717, 1.165) is 11.1 Å². The van der Waals surface area contributed by atoms with Gasteiger partial charge in [0.25, 0.3) is 5.91 Å². The molecular weight excluding hydrogens is 336 g/mol. The number of hydrogen-bond donors (Lipinski definition) is 2. The van der Waals surface area contributed by atoms with Gasteiger partial charge in [0, 0.05) is 18.5 Å². The molecule has 0 aliphatic carbocycles. The molecule has 0 heterocycles. The molecule has 27 heavy (non-hydrogen) atoms. The summed E-state index contributed by atoms with van der Waals surface area (Å²) in [6.07, 6.45) is 0.431. The van der Waals surface area contributed by atoms with Gasteiger partial charge in [0.1, 0.15) is 6.04 Å². The van der Waals surface area contributed by atoms with Crippen LogP contribution in [0, 0.1) is 0 Å². The largest absolute Gasteiger partial charge is 0.350 e. The summed E-state index contributed by atoms with van der Waals surface area (Å²) in [4.78, 5) is 25.3. The lowest BCUT2D eigenvalue weighted by molar-refractivity contribution is -0.123. The maximum Gasteiger partial charge on any atom is 0.251 e. The first kappa shape index (κ1) is 18.4. The van der Waals surface area contributed by atoms with Crippen LogP contribution in [-0.4, -0.2) is 17.9 Å². The number of hydrogen-bond acceptors (Lipinski definition) is 2. The summed E-state index contributed by atoms with van der Waals surface area (Å²) in [6.45, 7) is 0.423. The zero-order valence-electron chi connectivity index (χ0n) is 15.0. The fourth-order valence-corrected chi connectivity index (χ4v) is 2.80. The average molecular weight is 358 g/mol. The van der Waals surface area contributed by atoms with Crippen molar-refractivity contribution in [3.05, 3.63) is 108 Å². The summed E-state index contributed by atoms with van der Waals surface area (Å²) in [6, 6.07) is 27.7. The Bertz CT molecular complexity index is 865. The molecule has 0 aliphatic rings. The quantitative estimate of drug-likeness (QED) is 0.680. The molecule has 0 radical (unpaired) electrons. The standard InChI is InChI=1S/C23H22N2O2/c26-22(20-14-8-3-9-15-20)25-21(16-18-10-4-1-5-11-18)23(27)24-17-19-12-6-2-7-13-19/h1-15,21H,16-17H2,(H,24,27)(H,25,26)/t21-/m0/s1. The van der Waals surface area contributed by atoms with E-state index in [2.05, 4.69) is 10.6 Å². The SMILES string of the molecule is O=C(N[C@@H](Cc1ccccc1)C(=O)NCc1ccccc1)c1ccccc1. The minimum absolute atomic E-state index is 0.202. The van der Waals surface area contributed by atoms with Crippen molar-refractivity contribution in [3.63, 3.8) is 0 Å². The molecule has 0 aliphatic heterocycles. The molecule has 0 bridgehead atoms. The topological polar surface area (TPSA) is 58.2 Å². The predicted molar refractivity (Wildman–Crippen MR) is 106 cm³/mol. The fourth-order valence-electron chi connectivity index (χ4n) is 2.80. The molecule has 2 N–H and O–H groups in total. The highest BCUT2D eigenvalue weighted by Crippen LogP contribution is 2.06. The fraction of sp³-hybridized carbons (Fsp3) is 0.130. The van der Waals surface area contributed by atoms with Crippen molar-refractivity contribution in [3.8, 4) is 0 Å². The van der Waals surface area contributed by atoms with Crippen LogP contribution in [-0.2, 0) is 17.8 Å². The Labute approximate surface area is 159 Å². The molecule has 0 aromatic heterocycles. The van der Waals surface area contributed by atoms with Crippen molar-refractivity contribution >= 4 is 11.8 Å². The van der Waals surface area contributed by atoms with Crippen molar-refractivity contribution in [2.24, 2.45) is 0 Å².